The fourth-order valence-electron chi connectivity index (χ4n) is 1.23. The predicted octanol–water partition coefficient (Wildman–Crippen LogP) is 3.12. The van der Waals surface area contributed by atoms with Crippen molar-refractivity contribution < 1.29 is 14.5 Å². The van der Waals surface area contributed by atoms with E-state index in [0.717, 1.165) is 0 Å². The molecule has 0 atom stereocenters. The molecule has 0 aromatic heterocycles. The van der Waals surface area contributed by atoms with Crippen LogP contribution in [0.1, 0.15) is 26.3 Å². The van der Waals surface area contributed by atoms with Crippen molar-refractivity contribution in [3.63, 3.8) is 0 Å². The van der Waals surface area contributed by atoms with Gasteiger partial charge in [0, 0.05) is 11.6 Å². The Kier molecular flexibility index (Phi) is 3.90. The minimum absolute atomic E-state index is 0.149. The van der Waals surface area contributed by atoms with Crippen molar-refractivity contribution in [1.82, 2.24) is 0 Å². The third kappa shape index (κ3) is 4.04. The summed E-state index contributed by atoms with van der Waals surface area (Å²) in [4.78, 5) is 21.6. The molecule has 6 heteroatoms. The van der Waals surface area contributed by atoms with Crippen molar-refractivity contribution >= 4 is 17.5 Å². The maximum Gasteiger partial charge on any atom is 0.412 e. The molecule has 1 aromatic rings. The van der Waals surface area contributed by atoms with E-state index in [9.17, 15) is 14.9 Å². The lowest BCUT2D eigenvalue weighted by Crippen LogP contribution is -2.27. The summed E-state index contributed by atoms with van der Waals surface area (Å²) in [6.45, 7) is 8.73. The van der Waals surface area contributed by atoms with Crippen molar-refractivity contribution in [2.45, 2.75) is 26.4 Å². The number of anilines is 1. The van der Waals surface area contributed by atoms with Crippen molar-refractivity contribution in [3.05, 3.63) is 40.8 Å². The molecule has 1 aromatic carbocycles. The lowest BCUT2D eigenvalue weighted by Gasteiger charge is -2.19. The minimum atomic E-state index is -0.659. The maximum absolute atomic E-state index is 11.5. The molecule has 0 aliphatic carbocycles. The number of hydrogen-bond acceptors (Lipinski definition) is 4. The van der Waals surface area contributed by atoms with Gasteiger partial charge in [-0.1, -0.05) is 6.07 Å². The summed E-state index contributed by atoms with van der Waals surface area (Å²) in [5.41, 5.74) is -0.191. The van der Waals surface area contributed by atoms with E-state index in [1.54, 1.807) is 20.8 Å². The third-order valence-corrected chi connectivity index (χ3v) is 1.93. The monoisotopic (exact) mass is 251 g/mol. The van der Waals surface area contributed by atoms with Gasteiger partial charge in [-0.3, -0.25) is 15.4 Å². The van der Waals surface area contributed by atoms with Crippen molar-refractivity contribution in [3.8, 4) is 0 Å². The number of nitrogens with one attached hydrogen (secondary N) is 1. The summed E-state index contributed by atoms with van der Waals surface area (Å²) in [5, 5.41) is 13.1. The predicted molar refractivity (Wildman–Crippen MR) is 67.4 cm³/mol. The van der Waals surface area contributed by atoms with Crippen molar-refractivity contribution in [2.24, 2.45) is 0 Å². The Hall–Kier alpha value is -2.11. The van der Waals surface area contributed by atoms with Crippen LogP contribution in [0.4, 0.5) is 16.2 Å². The van der Waals surface area contributed by atoms with Gasteiger partial charge >= 0.3 is 6.09 Å². The molecule has 0 fully saturated rings. The van der Waals surface area contributed by atoms with Gasteiger partial charge in [0.15, 0.2) is 0 Å². The summed E-state index contributed by atoms with van der Waals surface area (Å²) >= 11 is 0. The highest BCUT2D eigenvalue weighted by atomic mass is 16.6. The maximum atomic E-state index is 11.5. The van der Waals surface area contributed by atoms with Crippen LogP contribution in [0.15, 0.2) is 18.2 Å². The molecule has 1 N–H and O–H groups in total. The fourth-order valence-corrected chi connectivity index (χ4v) is 1.23. The van der Waals surface area contributed by atoms with E-state index in [1.165, 1.54) is 18.2 Å². The van der Waals surface area contributed by atoms with E-state index in [4.69, 9.17) is 4.74 Å². The van der Waals surface area contributed by atoms with E-state index in [-0.39, 0.29) is 11.3 Å². The van der Waals surface area contributed by atoms with Gasteiger partial charge in [0.2, 0.25) is 0 Å². The molecule has 0 unspecified atom stereocenters. The average molecular weight is 251 g/mol. The molecule has 1 rings (SSSR count). The number of hydrogen-bond donors (Lipinski definition) is 1. The lowest BCUT2D eigenvalue weighted by atomic mass is 10.2. The quantitative estimate of drug-likeness (QED) is 0.646. The molecule has 0 aliphatic heterocycles. The van der Waals surface area contributed by atoms with Crippen molar-refractivity contribution in [1.29, 1.82) is 0 Å². The summed E-state index contributed by atoms with van der Waals surface area (Å²) in [6, 6.07) is 4.23. The second-order valence-corrected chi connectivity index (χ2v) is 4.73. The molecular weight excluding hydrogens is 236 g/mol. The Morgan fingerprint density at radius 1 is 1.44 bits per heavy atom. The summed E-state index contributed by atoms with van der Waals surface area (Å²) in [5.74, 6) is 0. The largest absolute Gasteiger partial charge is 0.444 e. The normalized spacial score (nSPS) is 10.9. The van der Waals surface area contributed by atoms with Crippen LogP contribution in [-0.2, 0) is 4.74 Å². The number of rotatable bonds is 2. The van der Waals surface area contributed by atoms with Crippen LogP contribution < -0.4 is 5.32 Å². The summed E-state index contributed by atoms with van der Waals surface area (Å²) < 4.78 is 5.04. The number of carbonyl (C=O) groups excluding carboxylic acids is 1. The Morgan fingerprint density at radius 3 is 2.56 bits per heavy atom. The van der Waals surface area contributed by atoms with Gasteiger partial charge in [0.25, 0.3) is 5.69 Å². The van der Waals surface area contributed by atoms with E-state index < -0.39 is 16.6 Å². The van der Waals surface area contributed by atoms with Gasteiger partial charge < -0.3 is 4.74 Å². The molecule has 0 spiro atoms. The van der Waals surface area contributed by atoms with Gasteiger partial charge in [0.05, 0.1) is 10.6 Å². The Bertz CT molecular complexity index is 477. The summed E-state index contributed by atoms with van der Waals surface area (Å²) in [7, 11) is 0. The van der Waals surface area contributed by atoms with E-state index in [1.807, 2.05) is 0 Å². The molecule has 6 nitrogen and oxygen atoms in total. The molecule has 0 saturated heterocycles. The highest BCUT2D eigenvalue weighted by Gasteiger charge is 2.17. The van der Waals surface area contributed by atoms with Crippen LogP contribution in [0, 0.1) is 17.0 Å². The Balaban J connectivity index is 2.83. The smallest absolute Gasteiger partial charge is 0.412 e. The number of nitrogens with zero attached hydrogens (tertiary/aromatic N) is 1. The first-order valence-electron chi connectivity index (χ1n) is 5.29. The highest BCUT2D eigenvalue weighted by molar-refractivity contribution is 5.85. The summed E-state index contributed by atoms with van der Waals surface area (Å²) in [6.07, 6.45) is -0.659. The van der Waals surface area contributed by atoms with Crippen LogP contribution in [0.3, 0.4) is 0 Å². The molecule has 1 radical (unpaired) electrons. The first-order valence-corrected chi connectivity index (χ1v) is 5.29. The number of carbonyl (C=O) groups is 1. The molecule has 0 heterocycles. The molecule has 97 valence electrons. The van der Waals surface area contributed by atoms with Gasteiger partial charge in [-0.15, -0.1) is 0 Å². The van der Waals surface area contributed by atoms with Crippen molar-refractivity contribution in [2.75, 3.05) is 5.32 Å². The minimum Gasteiger partial charge on any atom is -0.444 e. The first kappa shape index (κ1) is 14.0. The van der Waals surface area contributed by atoms with Crippen LogP contribution in [-0.4, -0.2) is 16.6 Å². The number of nitro benzene ring substituents is 1. The second-order valence-electron chi connectivity index (χ2n) is 4.73. The molecule has 0 saturated carbocycles. The average Bonchev–Trinajstić information content (AvgIpc) is 2.17. The van der Waals surface area contributed by atoms with Crippen LogP contribution in [0.2, 0.25) is 0 Å². The first-order chi connectivity index (χ1) is 8.19. The molecule has 18 heavy (non-hydrogen) atoms. The second kappa shape index (κ2) is 5.03. The SMILES string of the molecule is [CH2]c1ccc(NC(=O)OC(C)(C)C)cc1[N+](=O)[O-]. The van der Waals surface area contributed by atoms with Gasteiger partial charge in [0.1, 0.15) is 5.60 Å². The van der Waals surface area contributed by atoms with E-state index in [2.05, 4.69) is 12.2 Å². The van der Waals surface area contributed by atoms with Gasteiger partial charge in [-0.05, 0) is 33.8 Å². The zero-order valence-electron chi connectivity index (χ0n) is 10.5. The van der Waals surface area contributed by atoms with E-state index in [0.29, 0.717) is 5.69 Å². The number of ether oxygens (including phenoxy) is 1. The van der Waals surface area contributed by atoms with Gasteiger partial charge in [-0.2, -0.15) is 0 Å². The highest BCUT2D eigenvalue weighted by Crippen LogP contribution is 2.22. The van der Waals surface area contributed by atoms with E-state index >= 15 is 0 Å². The third-order valence-electron chi connectivity index (χ3n) is 1.93. The van der Waals surface area contributed by atoms with Crippen LogP contribution in [0.5, 0.6) is 0 Å². The number of benzene rings is 1. The lowest BCUT2D eigenvalue weighted by molar-refractivity contribution is -0.385. The van der Waals surface area contributed by atoms with Crippen LogP contribution >= 0.6 is 0 Å². The van der Waals surface area contributed by atoms with Gasteiger partial charge in [-0.25, -0.2) is 4.79 Å². The zero-order valence-corrected chi connectivity index (χ0v) is 10.5. The molecule has 0 bridgehead atoms. The number of nitro groups is 1. The fraction of sp³-hybridized carbons (Fsp3) is 0.333. The van der Waals surface area contributed by atoms with Crippen LogP contribution in [0.25, 0.3) is 0 Å². The topological polar surface area (TPSA) is 81.5 Å². The molecule has 1 amide bonds. The molecule has 0 aliphatic rings. The molecular formula is C12H15N2O4. The standard InChI is InChI=1S/C12H15N2O4/c1-8-5-6-9(7-10(8)14(16)17)13-11(15)18-12(2,3)4/h5-7H,1H2,2-4H3,(H,13,15). The Morgan fingerprint density at radius 2 is 2.06 bits per heavy atom. The zero-order chi connectivity index (χ0) is 13.9. The number of amides is 1. The Labute approximate surface area is 105 Å².